The van der Waals surface area contributed by atoms with Crippen LogP contribution in [0.4, 0.5) is 29.5 Å². The Labute approximate surface area is 290 Å². The molecule has 2 aliphatic heterocycles. The fourth-order valence-electron chi connectivity index (χ4n) is 6.16. The highest BCUT2D eigenvalue weighted by molar-refractivity contribution is 7.98. The quantitative estimate of drug-likeness (QED) is 0.102. The average molecular weight is 719 g/mol. The van der Waals surface area contributed by atoms with E-state index >= 15 is 0 Å². The third kappa shape index (κ3) is 8.61. The van der Waals surface area contributed by atoms with Gasteiger partial charge in [0, 0.05) is 51.8 Å². The van der Waals surface area contributed by atoms with Gasteiger partial charge in [0.25, 0.3) is 0 Å². The third-order valence-corrected chi connectivity index (χ3v) is 10.8. The smallest absolute Gasteiger partial charge is 0.418 e. The molecule has 0 aliphatic carbocycles. The minimum atomic E-state index is -4.58. The molecule has 16 heteroatoms. The van der Waals surface area contributed by atoms with Crippen LogP contribution in [0.15, 0.2) is 23.5 Å². The Morgan fingerprint density at radius 3 is 2.53 bits per heavy atom. The standard InChI is InChI=1S/C33H45F3N8O3SSi/c1-32(2,3)47-31(45)43-15-14-42(19-22(43)10-12-37)29-23-11-13-41(20-26(23)39-30(40-29)48-4)28-24-18-38-44(21-46-16-17-49(5,6)7)27(24)9-8-25(28)33(34,35)36/h8-9,18,22H,10-11,13-17,19-21H2,1-7H3. The maximum Gasteiger partial charge on any atom is 0.418 e. The van der Waals surface area contributed by atoms with E-state index in [1.807, 2.05) is 6.26 Å². The number of carbonyl (C=O) groups is 1. The molecular formula is C33H45F3N8O3SSi. The van der Waals surface area contributed by atoms with E-state index in [-0.39, 0.29) is 25.4 Å². The molecule has 3 aromatic rings. The summed E-state index contributed by atoms with van der Waals surface area (Å²) in [6.45, 7) is 14.5. The number of aromatic nitrogens is 4. The molecule has 1 amide bonds. The molecule has 1 unspecified atom stereocenters. The molecule has 1 saturated heterocycles. The fraction of sp³-hybridized carbons (Fsp3) is 0.606. The molecule has 2 aliphatic rings. The van der Waals surface area contributed by atoms with Crippen LogP contribution in [0.2, 0.25) is 25.7 Å². The van der Waals surface area contributed by atoms with E-state index in [9.17, 15) is 23.2 Å². The van der Waals surface area contributed by atoms with Gasteiger partial charge in [-0.25, -0.2) is 19.4 Å². The third-order valence-electron chi connectivity index (χ3n) is 8.57. The van der Waals surface area contributed by atoms with Gasteiger partial charge in [-0.05, 0) is 51.6 Å². The predicted octanol–water partition coefficient (Wildman–Crippen LogP) is 6.78. The lowest BCUT2D eigenvalue weighted by Crippen LogP contribution is -2.56. The molecule has 5 rings (SSSR count). The SMILES string of the molecule is CSc1nc2c(c(N3CCN(C(=O)OC(C)(C)C)C(CC#N)C3)n1)CCN(c1c(C(F)(F)F)ccc3c1cnn3COCC[Si](C)(C)C)C2. The molecule has 0 saturated carbocycles. The molecule has 1 atom stereocenters. The van der Waals surface area contributed by atoms with E-state index in [1.165, 1.54) is 24.0 Å². The van der Waals surface area contributed by atoms with Crippen LogP contribution in [-0.4, -0.2) is 89.5 Å². The molecule has 49 heavy (non-hydrogen) atoms. The fourth-order valence-corrected chi connectivity index (χ4v) is 7.30. The van der Waals surface area contributed by atoms with Gasteiger partial charge in [0.15, 0.2) is 5.16 Å². The molecule has 266 valence electrons. The zero-order valence-corrected chi connectivity index (χ0v) is 31.0. The Bertz CT molecular complexity index is 1720. The summed E-state index contributed by atoms with van der Waals surface area (Å²) in [6, 6.07) is 5.35. The summed E-state index contributed by atoms with van der Waals surface area (Å²) in [6.07, 6.45) is -1.16. The van der Waals surface area contributed by atoms with Crippen molar-refractivity contribution in [1.82, 2.24) is 24.6 Å². The number of nitrogens with zero attached hydrogens (tertiary/aromatic N) is 8. The largest absolute Gasteiger partial charge is 0.444 e. The zero-order chi connectivity index (χ0) is 35.7. The number of hydrogen-bond acceptors (Lipinski definition) is 10. The first kappa shape index (κ1) is 36.7. The number of anilines is 2. The van der Waals surface area contributed by atoms with Crippen molar-refractivity contribution in [3.05, 3.63) is 35.2 Å². The number of amides is 1. The number of thioether (sulfide) groups is 1. The number of alkyl halides is 3. The minimum absolute atomic E-state index is 0.0786. The van der Waals surface area contributed by atoms with Crippen LogP contribution in [0.5, 0.6) is 0 Å². The van der Waals surface area contributed by atoms with Crippen molar-refractivity contribution in [3.8, 4) is 6.07 Å². The van der Waals surface area contributed by atoms with Crippen molar-refractivity contribution < 1.29 is 27.4 Å². The van der Waals surface area contributed by atoms with Gasteiger partial charge in [0.1, 0.15) is 18.1 Å². The lowest BCUT2D eigenvalue weighted by molar-refractivity contribution is -0.137. The first-order valence-corrected chi connectivity index (χ1v) is 21.4. The maximum absolute atomic E-state index is 14.5. The van der Waals surface area contributed by atoms with Crippen molar-refractivity contribution >= 4 is 48.3 Å². The zero-order valence-electron chi connectivity index (χ0n) is 29.2. The predicted molar refractivity (Wildman–Crippen MR) is 187 cm³/mol. The Balaban J connectivity index is 1.45. The van der Waals surface area contributed by atoms with Gasteiger partial charge < -0.3 is 24.2 Å². The van der Waals surface area contributed by atoms with Crippen LogP contribution in [0.3, 0.4) is 0 Å². The Hall–Kier alpha value is -3.55. The lowest BCUT2D eigenvalue weighted by Gasteiger charge is -2.42. The highest BCUT2D eigenvalue weighted by atomic mass is 32.2. The molecule has 2 aromatic heterocycles. The first-order valence-electron chi connectivity index (χ1n) is 16.4. The summed E-state index contributed by atoms with van der Waals surface area (Å²) in [7, 11) is -1.30. The molecule has 4 heterocycles. The Morgan fingerprint density at radius 2 is 1.88 bits per heavy atom. The van der Waals surface area contributed by atoms with Crippen LogP contribution >= 0.6 is 11.8 Å². The number of halogens is 3. The summed E-state index contributed by atoms with van der Waals surface area (Å²) in [4.78, 5) is 28.0. The molecule has 0 radical (unpaired) electrons. The summed E-state index contributed by atoms with van der Waals surface area (Å²) < 4.78 is 56.7. The van der Waals surface area contributed by atoms with E-state index < -0.39 is 37.5 Å². The summed E-state index contributed by atoms with van der Waals surface area (Å²) in [5.74, 6) is 0.693. The molecule has 1 aromatic carbocycles. The summed E-state index contributed by atoms with van der Waals surface area (Å²) in [5, 5.41) is 14.9. The van der Waals surface area contributed by atoms with Crippen LogP contribution < -0.4 is 9.80 Å². The van der Waals surface area contributed by atoms with E-state index in [1.54, 1.807) is 35.3 Å². The Kier molecular flexibility index (Phi) is 10.8. The van der Waals surface area contributed by atoms with Crippen molar-refractivity contribution in [2.24, 2.45) is 0 Å². The number of fused-ring (bicyclic) bond motifs is 2. The van der Waals surface area contributed by atoms with Gasteiger partial charge in [-0.15, -0.1) is 0 Å². The van der Waals surface area contributed by atoms with Crippen LogP contribution in [-0.2, 0) is 35.3 Å². The van der Waals surface area contributed by atoms with Gasteiger partial charge in [0.2, 0.25) is 0 Å². The summed E-state index contributed by atoms with van der Waals surface area (Å²) >= 11 is 1.35. The maximum atomic E-state index is 14.5. The highest BCUT2D eigenvalue weighted by Crippen LogP contribution is 2.43. The second kappa shape index (κ2) is 14.4. The van der Waals surface area contributed by atoms with Crippen molar-refractivity contribution in [2.45, 2.75) is 95.5 Å². The number of nitriles is 1. The second-order valence-corrected chi connectivity index (χ2v) is 21.0. The summed E-state index contributed by atoms with van der Waals surface area (Å²) in [5.41, 5.74) is 0.768. The minimum Gasteiger partial charge on any atom is -0.444 e. The number of piperazine rings is 1. The van der Waals surface area contributed by atoms with Crippen molar-refractivity contribution in [2.75, 3.05) is 48.8 Å². The molecule has 11 nitrogen and oxygen atoms in total. The number of ether oxygens (including phenoxy) is 2. The first-order chi connectivity index (χ1) is 23.0. The normalized spacial score (nSPS) is 17.3. The molecule has 0 spiro atoms. The number of benzene rings is 1. The highest BCUT2D eigenvalue weighted by Gasteiger charge is 2.39. The van der Waals surface area contributed by atoms with Gasteiger partial charge in [0.05, 0.1) is 53.7 Å². The Morgan fingerprint density at radius 1 is 1.12 bits per heavy atom. The van der Waals surface area contributed by atoms with E-state index in [0.717, 1.165) is 17.7 Å². The van der Waals surface area contributed by atoms with Gasteiger partial charge in [-0.1, -0.05) is 31.4 Å². The van der Waals surface area contributed by atoms with E-state index in [4.69, 9.17) is 19.4 Å². The number of rotatable bonds is 9. The van der Waals surface area contributed by atoms with Gasteiger partial charge in [-0.2, -0.15) is 23.5 Å². The van der Waals surface area contributed by atoms with Crippen LogP contribution in [0.1, 0.15) is 44.0 Å². The molecule has 0 bridgehead atoms. The second-order valence-electron chi connectivity index (χ2n) is 14.7. The van der Waals surface area contributed by atoms with Crippen LogP contribution in [0.25, 0.3) is 10.9 Å². The lowest BCUT2D eigenvalue weighted by atomic mass is 10.0. The van der Waals surface area contributed by atoms with E-state index in [0.29, 0.717) is 66.8 Å². The number of hydrogen-bond donors (Lipinski definition) is 0. The number of carbonyl (C=O) groups excluding carboxylic acids is 1. The monoisotopic (exact) mass is 718 g/mol. The van der Waals surface area contributed by atoms with Crippen molar-refractivity contribution in [1.29, 1.82) is 5.26 Å². The molecular weight excluding hydrogens is 674 g/mol. The van der Waals surface area contributed by atoms with Gasteiger partial charge >= 0.3 is 12.3 Å². The van der Waals surface area contributed by atoms with Gasteiger partial charge in [-0.3, -0.25) is 0 Å². The molecule has 1 fully saturated rings. The van der Waals surface area contributed by atoms with E-state index in [2.05, 4.69) is 35.7 Å². The topological polar surface area (TPSA) is 113 Å². The van der Waals surface area contributed by atoms with Crippen molar-refractivity contribution in [3.63, 3.8) is 0 Å². The van der Waals surface area contributed by atoms with Crippen LogP contribution in [0, 0.1) is 11.3 Å². The average Bonchev–Trinajstić information content (AvgIpc) is 3.43. The molecule has 0 N–H and O–H groups in total.